The number of alkyl halides is 3. The molecule has 35 heavy (non-hydrogen) atoms. The number of nitrogen functional groups attached to an aromatic ring is 1. The summed E-state index contributed by atoms with van der Waals surface area (Å²) < 4.78 is 93.0. The lowest BCUT2D eigenvalue weighted by atomic mass is 10.0. The summed E-state index contributed by atoms with van der Waals surface area (Å²) in [4.78, 5) is 20.1. The number of nitrogens with zero attached hydrogens (tertiary/aromatic N) is 3. The summed E-state index contributed by atoms with van der Waals surface area (Å²) in [7, 11) is 0. The summed E-state index contributed by atoms with van der Waals surface area (Å²) in [5.74, 6) is -5.42. The number of halogens is 6. The molecule has 1 atom stereocenters. The van der Waals surface area contributed by atoms with E-state index in [2.05, 4.69) is 9.97 Å². The maximum atomic E-state index is 15.2. The highest BCUT2D eigenvalue weighted by molar-refractivity contribution is 6.29. The number of amides is 1. The van der Waals surface area contributed by atoms with Crippen molar-refractivity contribution < 1.29 is 36.0 Å². The molecule has 0 saturated heterocycles. The van der Waals surface area contributed by atoms with Crippen molar-refractivity contribution in [1.82, 2.24) is 14.4 Å². The molecule has 7 nitrogen and oxygen atoms in total. The minimum Gasteiger partial charge on any atom is -0.382 e. The van der Waals surface area contributed by atoms with E-state index in [4.69, 9.17) is 21.4 Å². The lowest BCUT2D eigenvalue weighted by Gasteiger charge is -2.15. The van der Waals surface area contributed by atoms with Gasteiger partial charge < -0.3 is 16.2 Å². The molecule has 0 spiro atoms. The lowest BCUT2D eigenvalue weighted by molar-refractivity contribution is -0.138. The van der Waals surface area contributed by atoms with E-state index in [1.807, 2.05) is 5.32 Å². The lowest BCUT2D eigenvalue weighted by Crippen LogP contribution is -2.22. The zero-order chi connectivity index (χ0) is 28.2. The molecule has 0 fully saturated rings. The molecule has 4 N–H and O–H groups in total. The highest BCUT2D eigenvalue weighted by Gasteiger charge is 2.32. The summed E-state index contributed by atoms with van der Waals surface area (Å²) in [5, 5.41) is 11.9. The number of benzene rings is 2. The van der Waals surface area contributed by atoms with Crippen molar-refractivity contribution in [3.05, 3.63) is 76.3 Å². The van der Waals surface area contributed by atoms with Gasteiger partial charge in [0.25, 0.3) is 5.91 Å². The van der Waals surface area contributed by atoms with Crippen LogP contribution in [0.5, 0.6) is 0 Å². The van der Waals surface area contributed by atoms with Crippen molar-refractivity contribution in [2.24, 2.45) is 0 Å². The normalized spacial score (nSPS) is 14.3. The van der Waals surface area contributed by atoms with Gasteiger partial charge in [0, 0.05) is 9.68 Å². The van der Waals surface area contributed by atoms with E-state index in [-0.39, 0.29) is 16.5 Å². The number of hydrogen-bond donors (Lipinski definition) is 3. The van der Waals surface area contributed by atoms with Crippen LogP contribution < -0.4 is 11.1 Å². The fraction of sp³-hybridized carbons (Fsp3) is 0.136. The number of imidazole rings is 1. The Kier molecular flexibility index (Phi) is 5.17. The molecule has 2 aromatic heterocycles. The number of anilines is 2. The number of nitrogens with two attached hydrogens (primary N) is 1. The maximum absolute atomic E-state index is 15.2. The Balaban J connectivity index is 1.72. The summed E-state index contributed by atoms with van der Waals surface area (Å²) in [6.45, 7) is -2.83. The van der Waals surface area contributed by atoms with Crippen LogP contribution in [0.3, 0.4) is 0 Å². The standard InChI is InChI=1S/C22H15ClF5N5O2/c1-9-31-17(18-20(29)30-8-14(23)33(9)18)12-5-6-13(16(25)15(12)24)32-21(35)19(34)10-3-2-4-11(7-10)22(26,27)28/h2-8,19,34H,1H3,(H2,29,30)(H,32,35)/t19-/m0/s1/i1D3. The molecule has 182 valence electrons. The number of fused-ring (bicyclic) bond motifs is 1. The van der Waals surface area contributed by atoms with Crippen molar-refractivity contribution in [2.45, 2.75) is 19.1 Å². The molecule has 0 radical (unpaired) electrons. The molecule has 2 heterocycles. The van der Waals surface area contributed by atoms with E-state index in [1.54, 1.807) is 0 Å². The number of carbonyl (C=O) groups excluding carboxylic acids is 1. The SMILES string of the molecule is [2H]C([2H])([2H])c1nc(-c2ccc(NC(=O)[C@@H](O)c3cccc(C(F)(F)F)c3)c(F)c2F)c2c(N)ncc(Cl)n12. The predicted octanol–water partition coefficient (Wildman–Crippen LogP) is 4.91. The molecule has 2 aromatic carbocycles. The van der Waals surface area contributed by atoms with Crippen LogP contribution in [0.2, 0.25) is 5.15 Å². The minimum absolute atomic E-state index is 0.210. The molecule has 13 heteroatoms. The van der Waals surface area contributed by atoms with Crippen LogP contribution in [-0.2, 0) is 11.0 Å². The summed E-state index contributed by atoms with van der Waals surface area (Å²) in [6.07, 6.45) is -5.83. The first-order chi connectivity index (χ1) is 17.6. The van der Waals surface area contributed by atoms with Crippen LogP contribution in [0.4, 0.5) is 33.5 Å². The van der Waals surface area contributed by atoms with Crippen molar-refractivity contribution in [1.29, 1.82) is 0 Å². The zero-order valence-corrected chi connectivity index (χ0v) is 17.9. The monoisotopic (exact) mass is 514 g/mol. The first kappa shape index (κ1) is 20.6. The predicted molar refractivity (Wildman–Crippen MR) is 118 cm³/mol. The molecule has 0 aliphatic heterocycles. The van der Waals surface area contributed by atoms with Gasteiger partial charge >= 0.3 is 6.18 Å². The highest BCUT2D eigenvalue weighted by Crippen LogP contribution is 2.35. The topological polar surface area (TPSA) is 106 Å². The molecular weight excluding hydrogens is 497 g/mol. The van der Waals surface area contributed by atoms with Gasteiger partial charge in [0.1, 0.15) is 28.0 Å². The Labute approximate surface area is 203 Å². The fourth-order valence-corrected chi connectivity index (χ4v) is 3.57. The molecule has 0 unspecified atom stereocenters. The van der Waals surface area contributed by atoms with E-state index < -0.39 is 70.6 Å². The van der Waals surface area contributed by atoms with Crippen molar-refractivity contribution in [2.75, 3.05) is 11.1 Å². The largest absolute Gasteiger partial charge is 0.416 e. The van der Waals surface area contributed by atoms with Crippen molar-refractivity contribution in [3.63, 3.8) is 0 Å². The smallest absolute Gasteiger partial charge is 0.382 e. The Morgan fingerprint density at radius 2 is 2.00 bits per heavy atom. The second-order valence-electron chi connectivity index (χ2n) is 7.24. The summed E-state index contributed by atoms with van der Waals surface area (Å²) in [5.41, 5.74) is 2.36. The van der Waals surface area contributed by atoms with Crippen LogP contribution in [0.1, 0.15) is 27.2 Å². The van der Waals surface area contributed by atoms with E-state index in [0.29, 0.717) is 6.07 Å². The third-order valence-electron chi connectivity index (χ3n) is 5.02. The van der Waals surface area contributed by atoms with Gasteiger partial charge in [-0.25, -0.2) is 18.7 Å². The van der Waals surface area contributed by atoms with E-state index in [9.17, 15) is 27.5 Å². The third-order valence-corrected chi connectivity index (χ3v) is 5.28. The highest BCUT2D eigenvalue weighted by atomic mass is 35.5. The Morgan fingerprint density at radius 1 is 1.26 bits per heavy atom. The Bertz CT molecular complexity index is 1580. The number of aryl methyl sites for hydroxylation is 1. The summed E-state index contributed by atoms with van der Waals surface area (Å²) in [6, 6.07) is 5.14. The zero-order valence-electron chi connectivity index (χ0n) is 20.2. The number of aliphatic hydroxyl groups excluding tert-OH is 1. The first-order valence-electron chi connectivity index (χ1n) is 11.1. The van der Waals surface area contributed by atoms with Gasteiger partial charge in [-0.05, 0) is 36.7 Å². The molecule has 1 amide bonds. The van der Waals surface area contributed by atoms with E-state index in [1.165, 1.54) is 0 Å². The summed E-state index contributed by atoms with van der Waals surface area (Å²) >= 11 is 6.06. The number of carbonyl (C=O) groups is 1. The Hall–Kier alpha value is -3.77. The maximum Gasteiger partial charge on any atom is 0.416 e. The quantitative estimate of drug-likeness (QED) is 0.336. The molecule has 0 aliphatic rings. The Morgan fingerprint density at radius 3 is 2.69 bits per heavy atom. The molecule has 4 rings (SSSR count). The van der Waals surface area contributed by atoms with Gasteiger partial charge in [-0.2, -0.15) is 13.2 Å². The van der Waals surface area contributed by atoms with Crippen LogP contribution in [0, 0.1) is 18.5 Å². The molecular formula is C22H15ClF5N5O2. The molecule has 0 bridgehead atoms. The fourth-order valence-electron chi connectivity index (χ4n) is 3.36. The van der Waals surface area contributed by atoms with Crippen LogP contribution in [0.25, 0.3) is 16.8 Å². The number of aromatic nitrogens is 3. The average Bonchev–Trinajstić information content (AvgIpc) is 3.26. The van der Waals surface area contributed by atoms with Crippen LogP contribution in [-0.4, -0.2) is 25.4 Å². The first-order valence-corrected chi connectivity index (χ1v) is 9.96. The number of rotatable bonds is 4. The molecule has 0 aliphatic carbocycles. The van der Waals surface area contributed by atoms with Crippen molar-refractivity contribution >= 4 is 34.5 Å². The third kappa shape index (κ3) is 4.37. The number of nitrogens with one attached hydrogen (secondary N) is 1. The van der Waals surface area contributed by atoms with E-state index >= 15 is 4.39 Å². The van der Waals surface area contributed by atoms with Crippen LogP contribution in [0.15, 0.2) is 42.6 Å². The minimum atomic E-state index is -4.74. The number of hydrogen-bond acceptors (Lipinski definition) is 5. The number of aliphatic hydroxyl groups is 1. The van der Waals surface area contributed by atoms with Gasteiger partial charge in [0.15, 0.2) is 17.7 Å². The van der Waals surface area contributed by atoms with Gasteiger partial charge in [-0.1, -0.05) is 23.7 Å². The molecule has 0 saturated carbocycles. The van der Waals surface area contributed by atoms with Crippen LogP contribution >= 0.6 is 11.6 Å². The van der Waals surface area contributed by atoms with Gasteiger partial charge in [0.05, 0.1) is 17.4 Å². The van der Waals surface area contributed by atoms with Gasteiger partial charge in [-0.15, -0.1) is 0 Å². The molecule has 4 aromatic rings. The second-order valence-corrected chi connectivity index (χ2v) is 7.63. The second kappa shape index (κ2) is 8.78. The van der Waals surface area contributed by atoms with E-state index in [0.717, 1.165) is 40.9 Å². The average molecular weight is 515 g/mol. The van der Waals surface area contributed by atoms with Crippen molar-refractivity contribution in [3.8, 4) is 11.3 Å². The van der Waals surface area contributed by atoms with Gasteiger partial charge in [-0.3, -0.25) is 9.20 Å². The van der Waals surface area contributed by atoms with Gasteiger partial charge in [0.2, 0.25) is 0 Å².